The lowest BCUT2D eigenvalue weighted by Gasteiger charge is -2.20. The Morgan fingerprint density at radius 2 is 2.29 bits per heavy atom. The van der Waals surface area contributed by atoms with Crippen LogP contribution in [-0.4, -0.2) is 27.5 Å². The lowest BCUT2D eigenvalue weighted by atomic mass is 10.1. The molecule has 0 spiro atoms. The van der Waals surface area contributed by atoms with Gasteiger partial charge in [-0.2, -0.15) is 0 Å². The third-order valence-electron chi connectivity index (χ3n) is 3.06. The number of nitrogens with zero attached hydrogens (tertiary/aromatic N) is 3. The van der Waals surface area contributed by atoms with E-state index in [1.165, 1.54) is 0 Å². The Balaban J connectivity index is 2.05. The summed E-state index contributed by atoms with van der Waals surface area (Å²) in [6.07, 6.45) is 5.80. The maximum absolute atomic E-state index is 10.8. The van der Waals surface area contributed by atoms with Gasteiger partial charge < -0.3 is 4.74 Å². The molecule has 1 atom stereocenters. The van der Waals surface area contributed by atoms with E-state index in [1.54, 1.807) is 18.3 Å². The van der Waals surface area contributed by atoms with E-state index in [9.17, 15) is 4.79 Å². The Kier molecular flexibility index (Phi) is 2.60. The number of hydrogen-bond acceptors (Lipinski definition) is 4. The molecule has 0 aliphatic carbocycles. The summed E-state index contributed by atoms with van der Waals surface area (Å²) >= 11 is 0. The number of aromatic nitrogens is 3. The van der Waals surface area contributed by atoms with Crippen LogP contribution in [0.3, 0.4) is 0 Å². The highest BCUT2D eigenvalue weighted by atomic mass is 16.5. The van der Waals surface area contributed by atoms with Crippen LogP contribution < -0.4 is 0 Å². The summed E-state index contributed by atoms with van der Waals surface area (Å²) < 4.78 is 7.54. The molecule has 5 heteroatoms. The van der Waals surface area contributed by atoms with Gasteiger partial charge in [-0.15, -0.1) is 10.2 Å². The summed E-state index contributed by atoms with van der Waals surface area (Å²) in [5.74, 6) is 0.795. The number of fused-ring (bicyclic) bond motifs is 1. The van der Waals surface area contributed by atoms with E-state index in [1.807, 2.05) is 4.40 Å². The topological polar surface area (TPSA) is 56.5 Å². The Morgan fingerprint density at radius 3 is 3.06 bits per heavy atom. The van der Waals surface area contributed by atoms with Crippen LogP contribution in [0.1, 0.15) is 41.5 Å². The largest absolute Gasteiger partial charge is 0.370 e. The monoisotopic (exact) mass is 231 g/mol. The quantitative estimate of drug-likeness (QED) is 0.739. The van der Waals surface area contributed by atoms with Crippen molar-refractivity contribution in [3.05, 3.63) is 29.7 Å². The molecule has 1 fully saturated rings. The lowest BCUT2D eigenvalue weighted by Crippen LogP contribution is -2.14. The van der Waals surface area contributed by atoms with Crippen LogP contribution in [0.5, 0.6) is 0 Å². The van der Waals surface area contributed by atoms with Crippen molar-refractivity contribution < 1.29 is 9.53 Å². The number of ether oxygens (including phenoxy) is 1. The van der Waals surface area contributed by atoms with Crippen molar-refractivity contribution in [3.8, 4) is 0 Å². The fraction of sp³-hybridized carbons (Fsp3) is 0.417. The molecule has 0 saturated carbocycles. The van der Waals surface area contributed by atoms with E-state index in [0.717, 1.165) is 43.6 Å². The summed E-state index contributed by atoms with van der Waals surface area (Å²) in [6, 6.07) is 3.53. The Morgan fingerprint density at radius 1 is 1.35 bits per heavy atom. The van der Waals surface area contributed by atoms with Crippen LogP contribution in [0.15, 0.2) is 18.3 Å². The first-order chi connectivity index (χ1) is 8.38. The van der Waals surface area contributed by atoms with E-state index >= 15 is 0 Å². The molecule has 5 nitrogen and oxygen atoms in total. The average molecular weight is 231 g/mol. The van der Waals surface area contributed by atoms with Crippen LogP contribution >= 0.6 is 0 Å². The maximum atomic E-state index is 10.8. The highest BCUT2D eigenvalue weighted by Gasteiger charge is 2.21. The molecular weight excluding hydrogens is 218 g/mol. The molecule has 2 aromatic rings. The van der Waals surface area contributed by atoms with Gasteiger partial charge in [0.25, 0.3) is 0 Å². The van der Waals surface area contributed by atoms with Crippen molar-refractivity contribution in [1.29, 1.82) is 0 Å². The van der Waals surface area contributed by atoms with Gasteiger partial charge in [0.05, 0.1) is 0 Å². The second-order valence-electron chi connectivity index (χ2n) is 4.22. The molecule has 88 valence electrons. The van der Waals surface area contributed by atoms with E-state index in [-0.39, 0.29) is 6.10 Å². The Labute approximate surface area is 98.4 Å². The minimum atomic E-state index is 0.000604. The van der Waals surface area contributed by atoms with Crippen LogP contribution in [0.4, 0.5) is 0 Å². The summed E-state index contributed by atoms with van der Waals surface area (Å²) in [7, 11) is 0. The number of pyridine rings is 1. The van der Waals surface area contributed by atoms with Crippen molar-refractivity contribution >= 4 is 11.9 Å². The van der Waals surface area contributed by atoms with Gasteiger partial charge in [-0.3, -0.25) is 9.20 Å². The van der Waals surface area contributed by atoms with E-state index < -0.39 is 0 Å². The van der Waals surface area contributed by atoms with Gasteiger partial charge in [0, 0.05) is 18.4 Å². The highest BCUT2D eigenvalue weighted by Crippen LogP contribution is 2.26. The summed E-state index contributed by atoms with van der Waals surface area (Å²) in [5.41, 5.74) is 1.37. The zero-order valence-corrected chi connectivity index (χ0v) is 9.37. The highest BCUT2D eigenvalue weighted by molar-refractivity contribution is 5.74. The molecule has 1 aliphatic rings. The Bertz CT molecular complexity index is 544. The minimum absolute atomic E-state index is 0.000604. The Hall–Kier alpha value is -1.75. The van der Waals surface area contributed by atoms with Gasteiger partial charge in [0.15, 0.2) is 17.8 Å². The molecule has 1 aliphatic heterocycles. The van der Waals surface area contributed by atoms with Crippen LogP contribution in [-0.2, 0) is 4.74 Å². The van der Waals surface area contributed by atoms with Gasteiger partial charge in [-0.05, 0) is 31.4 Å². The predicted molar refractivity (Wildman–Crippen MR) is 60.9 cm³/mol. The standard InChI is InChI=1S/C12H13N3O2/c16-8-9-4-5-11-13-14-12(15(11)7-9)10-3-1-2-6-17-10/h4-5,7-8,10H,1-3,6H2. The zero-order valence-electron chi connectivity index (χ0n) is 9.37. The van der Waals surface area contributed by atoms with Crippen molar-refractivity contribution in [2.24, 2.45) is 0 Å². The second-order valence-corrected chi connectivity index (χ2v) is 4.22. The van der Waals surface area contributed by atoms with Crippen LogP contribution in [0.2, 0.25) is 0 Å². The number of aldehydes is 1. The normalized spacial score (nSPS) is 20.6. The van der Waals surface area contributed by atoms with Crippen LogP contribution in [0.25, 0.3) is 5.65 Å². The molecular formula is C12H13N3O2. The van der Waals surface area contributed by atoms with Gasteiger partial charge in [-0.1, -0.05) is 0 Å². The fourth-order valence-electron chi connectivity index (χ4n) is 2.16. The summed E-state index contributed by atoms with van der Waals surface area (Å²) in [6.45, 7) is 0.771. The smallest absolute Gasteiger partial charge is 0.166 e. The van der Waals surface area contributed by atoms with Crippen LogP contribution in [0, 0.1) is 0 Å². The van der Waals surface area contributed by atoms with E-state index in [4.69, 9.17) is 4.74 Å². The lowest BCUT2D eigenvalue weighted by molar-refractivity contribution is 0.00885. The maximum Gasteiger partial charge on any atom is 0.166 e. The number of hydrogen-bond donors (Lipinski definition) is 0. The molecule has 0 amide bonds. The number of carbonyl (C=O) groups is 1. The zero-order chi connectivity index (χ0) is 11.7. The molecule has 2 aromatic heterocycles. The van der Waals surface area contributed by atoms with Crippen molar-refractivity contribution in [3.63, 3.8) is 0 Å². The third-order valence-corrected chi connectivity index (χ3v) is 3.06. The molecule has 3 rings (SSSR count). The molecule has 0 aromatic carbocycles. The molecule has 0 radical (unpaired) electrons. The van der Waals surface area contributed by atoms with Crippen molar-refractivity contribution in [1.82, 2.24) is 14.6 Å². The van der Waals surface area contributed by atoms with Crippen molar-refractivity contribution in [2.45, 2.75) is 25.4 Å². The van der Waals surface area contributed by atoms with E-state index in [0.29, 0.717) is 5.56 Å². The van der Waals surface area contributed by atoms with Gasteiger partial charge in [0.2, 0.25) is 0 Å². The first kappa shape index (κ1) is 10.4. The summed E-state index contributed by atoms with van der Waals surface area (Å²) in [4.78, 5) is 10.8. The first-order valence-electron chi connectivity index (χ1n) is 5.80. The number of rotatable bonds is 2. The molecule has 0 N–H and O–H groups in total. The minimum Gasteiger partial charge on any atom is -0.370 e. The summed E-state index contributed by atoms with van der Waals surface area (Å²) in [5, 5.41) is 8.25. The molecule has 1 saturated heterocycles. The predicted octanol–water partition coefficient (Wildman–Crippen LogP) is 1.78. The fourth-order valence-corrected chi connectivity index (χ4v) is 2.16. The van der Waals surface area contributed by atoms with Gasteiger partial charge in [0.1, 0.15) is 6.10 Å². The first-order valence-corrected chi connectivity index (χ1v) is 5.80. The SMILES string of the molecule is O=Cc1ccc2nnc(C3CCCCO3)n2c1. The molecule has 1 unspecified atom stereocenters. The average Bonchev–Trinajstić information content (AvgIpc) is 2.82. The van der Waals surface area contributed by atoms with E-state index in [2.05, 4.69) is 10.2 Å². The third kappa shape index (κ3) is 1.82. The van der Waals surface area contributed by atoms with Gasteiger partial charge in [-0.25, -0.2) is 0 Å². The molecule has 17 heavy (non-hydrogen) atoms. The second kappa shape index (κ2) is 4.25. The molecule has 0 bridgehead atoms. The van der Waals surface area contributed by atoms with Gasteiger partial charge >= 0.3 is 0 Å². The van der Waals surface area contributed by atoms with Crippen molar-refractivity contribution in [2.75, 3.05) is 6.61 Å². The molecule has 3 heterocycles. The number of carbonyl (C=O) groups excluding carboxylic acids is 1.